The maximum Gasteiger partial charge on any atom is 0.172 e. The third-order valence-corrected chi connectivity index (χ3v) is 4.82. The van der Waals surface area contributed by atoms with Crippen molar-refractivity contribution in [1.82, 2.24) is 19.7 Å². The molecule has 0 aliphatic carbocycles. The van der Waals surface area contributed by atoms with E-state index >= 15 is 0 Å². The lowest BCUT2D eigenvalue weighted by Crippen LogP contribution is -2.18. The number of aromatic nitrogens is 3. The Balaban J connectivity index is 1.74. The predicted octanol–water partition coefficient (Wildman–Crippen LogP) is 4.02. The molecule has 0 atom stereocenters. The van der Waals surface area contributed by atoms with E-state index in [-0.39, 0.29) is 0 Å². The summed E-state index contributed by atoms with van der Waals surface area (Å²) < 4.78 is 2.62. The van der Waals surface area contributed by atoms with Crippen LogP contribution in [-0.4, -0.2) is 38.0 Å². The molecule has 3 heterocycles. The van der Waals surface area contributed by atoms with Crippen molar-refractivity contribution < 1.29 is 5.21 Å². The summed E-state index contributed by atoms with van der Waals surface area (Å²) in [7, 11) is 0. The van der Waals surface area contributed by atoms with Crippen molar-refractivity contribution in [2.24, 2.45) is 0 Å². The van der Waals surface area contributed by atoms with Crippen LogP contribution in [0.1, 0.15) is 5.56 Å². The van der Waals surface area contributed by atoms with Gasteiger partial charge in [0.05, 0.1) is 22.9 Å². The third kappa shape index (κ3) is 3.23. The highest BCUT2D eigenvalue weighted by atomic mass is 79.9. The van der Waals surface area contributed by atoms with E-state index in [0.717, 1.165) is 32.8 Å². The molecule has 6 nitrogen and oxygen atoms in total. The first-order valence-electron chi connectivity index (χ1n) is 8.29. The van der Waals surface area contributed by atoms with Crippen LogP contribution in [0.15, 0.2) is 64.9 Å². The van der Waals surface area contributed by atoms with E-state index in [1.165, 1.54) is 10.6 Å². The second-order valence-corrected chi connectivity index (χ2v) is 7.01. The van der Waals surface area contributed by atoms with Crippen molar-refractivity contribution >= 4 is 27.4 Å². The molecule has 3 aromatic rings. The molecule has 0 spiro atoms. The summed E-state index contributed by atoms with van der Waals surface area (Å²) in [4.78, 5) is 4.77. The zero-order valence-electron chi connectivity index (χ0n) is 14.2. The minimum absolute atomic E-state index is 0.506. The standard InChI is InChI=1S/C19H18BrN5O/c1-13-5-2-3-7-15(13)17-9-18(25-19(23-17)16(20)11-22-25)21-10-14-6-4-8-24(26)12-14/h2-7,9,11-12,21,26H,8,10H2,1H3. The summed E-state index contributed by atoms with van der Waals surface area (Å²) in [5.41, 5.74) is 4.87. The van der Waals surface area contributed by atoms with E-state index in [4.69, 9.17) is 4.98 Å². The molecule has 0 saturated carbocycles. The summed E-state index contributed by atoms with van der Waals surface area (Å²) in [6.07, 6.45) is 7.37. The van der Waals surface area contributed by atoms with E-state index in [1.54, 1.807) is 16.9 Å². The number of anilines is 1. The summed E-state index contributed by atoms with van der Waals surface area (Å²) in [5, 5.41) is 18.6. The predicted molar refractivity (Wildman–Crippen MR) is 105 cm³/mol. The number of aryl methyl sites for hydroxylation is 1. The molecule has 26 heavy (non-hydrogen) atoms. The van der Waals surface area contributed by atoms with Crippen LogP contribution in [0, 0.1) is 6.92 Å². The smallest absolute Gasteiger partial charge is 0.172 e. The molecule has 0 fully saturated rings. The highest BCUT2D eigenvalue weighted by Crippen LogP contribution is 2.27. The van der Waals surface area contributed by atoms with Crippen molar-refractivity contribution in [3.63, 3.8) is 0 Å². The number of nitrogens with one attached hydrogen (secondary N) is 1. The monoisotopic (exact) mass is 411 g/mol. The van der Waals surface area contributed by atoms with Gasteiger partial charge in [0.1, 0.15) is 5.82 Å². The topological polar surface area (TPSA) is 65.7 Å². The lowest BCUT2D eigenvalue weighted by Gasteiger charge is -2.17. The summed E-state index contributed by atoms with van der Waals surface area (Å²) in [6.45, 7) is 3.15. The molecule has 1 aromatic carbocycles. The molecular weight excluding hydrogens is 394 g/mol. The Morgan fingerprint density at radius 2 is 2.15 bits per heavy atom. The largest absolute Gasteiger partial charge is 0.366 e. The summed E-state index contributed by atoms with van der Waals surface area (Å²) in [6, 6.07) is 10.2. The maximum atomic E-state index is 9.62. The van der Waals surface area contributed by atoms with Crippen molar-refractivity contribution in [1.29, 1.82) is 0 Å². The first-order valence-corrected chi connectivity index (χ1v) is 9.08. The first-order chi connectivity index (χ1) is 12.6. The lowest BCUT2D eigenvalue weighted by molar-refractivity contribution is -0.0311. The van der Waals surface area contributed by atoms with Gasteiger partial charge < -0.3 is 5.32 Å². The van der Waals surface area contributed by atoms with Gasteiger partial charge in [-0.2, -0.15) is 9.61 Å². The van der Waals surface area contributed by atoms with Crippen LogP contribution in [0.3, 0.4) is 0 Å². The fourth-order valence-electron chi connectivity index (χ4n) is 2.96. The van der Waals surface area contributed by atoms with Crippen LogP contribution in [0.2, 0.25) is 0 Å². The molecule has 2 aromatic heterocycles. The molecule has 0 radical (unpaired) electrons. The number of fused-ring (bicyclic) bond motifs is 1. The molecule has 1 aliphatic rings. The SMILES string of the molecule is Cc1ccccc1-c1cc(NCC2=CN(O)CC=C2)n2ncc(Br)c2n1. The van der Waals surface area contributed by atoms with Gasteiger partial charge in [-0.05, 0) is 34.0 Å². The molecule has 0 saturated heterocycles. The van der Waals surface area contributed by atoms with Crippen LogP contribution in [0.5, 0.6) is 0 Å². The minimum atomic E-state index is 0.506. The number of halogens is 1. The van der Waals surface area contributed by atoms with Crippen molar-refractivity contribution in [2.75, 3.05) is 18.4 Å². The molecule has 7 heteroatoms. The Hall–Kier alpha value is -2.64. The Morgan fingerprint density at radius 1 is 1.31 bits per heavy atom. The van der Waals surface area contributed by atoms with Crippen LogP contribution in [0.4, 0.5) is 5.82 Å². The van der Waals surface area contributed by atoms with Gasteiger partial charge in [-0.25, -0.2) is 4.98 Å². The van der Waals surface area contributed by atoms with E-state index in [9.17, 15) is 5.21 Å². The number of hydrogen-bond acceptors (Lipinski definition) is 5. The average molecular weight is 412 g/mol. The van der Waals surface area contributed by atoms with Crippen LogP contribution in [0.25, 0.3) is 16.9 Å². The van der Waals surface area contributed by atoms with Crippen LogP contribution in [-0.2, 0) is 0 Å². The normalized spacial score (nSPS) is 14.0. The Morgan fingerprint density at radius 3 is 2.96 bits per heavy atom. The zero-order chi connectivity index (χ0) is 18.1. The average Bonchev–Trinajstić information content (AvgIpc) is 3.01. The quantitative estimate of drug-likeness (QED) is 0.678. The van der Waals surface area contributed by atoms with Gasteiger partial charge in [-0.15, -0.1) is 0 Å². The van der Waals surface area contributed by atoms with Gasteiger partial charge in [0, 0.05) is 24.4 Å². The summed E-state index contributed by atoms with van der Waals surface area (Å²) >= 11 is 3.53. The fraction of sp³-hybridized carbons (Fsp3) is 0.158. The lowest BCUT2D eigenvalue weighted by atomic mass is 10.1. The Kier molecular flexibility index (Phi) is 4.48. The summed E-state index contributed by atoms with van der Waals surface area (Å²) in [5.74, 6) is 0.836. The second-order valence-electron chi connectivity index (χ2n) is 6.15. The van der Waals surface area contributed by atoms with Crippen molar-refractivity contribution in [2.45, 2.75) is 6.92 Å². The number of hydroxylamine groups is 2. The maximum absolute atomic E-state index is 9.62. The molecule has 132 valence electrons. The molecule has 4 rings (SSSR count). The highest BCUT2D eigenvalue weighted by molar-refractivity contribution is 9.10. The van der Waals surface area contributed by atoms with Crippen LogP contribution < -0.4 is 5.32 Å². The first kappa shape index (κ1) is 16.8. The van der Waals surface area contributed by atoms with E-state index in [1.807, 2.05) is 30.4 Å². The third-order valence-electron chi connectivity index (χ3n) is 4.26. The van der Waals surface area contributed by atoms with Crippen molar-refractivity contribution in [3.8, 4) is 11.3 Å². The van der Waals surface area contributed by atoms with Crippen LogP contribution >= 0.6 is 15.9 Å². The Bertz CT molecular complexity index is 1020. The zero-order valence-corrected chi connectivity index (χ0v) is 15.8. The molecule has 1 aliphatic heterocycles. The Labute approximate surface area is 159 Å². The van der Waals surface area contributed by atoms with E-state index < -0.39 is 0 Å². The van der Waals surface area contributed by atoms with Gasteiger partial charge >= 0.3 is 0 Å². The molecule has 0 amide bonds. The van der Waals surface area contributed by atoms with E-state index in [0.29, 0.717) is 13.1 Å². The molecule has 0 bridgehead atoms. The molecular formula is C19H18BrN5O. The highest BCUT2D eigenvalue weighted by Gasteiger charge is 2.13. The number of benzene rings is 1. The molecule has 2 N–H and O–H groups in total. The number of nitrogens with zero attached hydrogens (tertiary/aromatic N) is 4. The second kappa shape index (κ2) is 6.93. The fourth-order valence-corrected chi connectivity index (χ4v) is 3.30. The van der Waals surface area contributed by atoms with Gasteiger partial charge in [-0.1, -0.05) is 36.4 Å². The molecule has 0 unspecified atom stereocenters. The van der Waals surface area contributed by atoms with E-state index in [2.05, 4.69) is 45.4 Å². The van der Waals surface area contributed by atoms with Gasteiger partial charge in [0.25, 0.3) is 0 Å². The number of rotatable bonds is 4. The number of hydrogen-bond donors (Lipinski definition) is 2. The minimum Gasteiger partial charge on any atom is -0.366 e. The van der Waals surface area contributed by atoms with Gasteiger partial charge in [0.2, 0.25) is 0 Å². The van der Waals surface area contributed by atoms with Crippen molar-refractivity contribution in [3.05, 3.63) is 70.5 Å². The van der Waals surface area contributed by atoms with Gasteiger partial charge in [-0.3, -0.25) is 10.3 Å². The van der Waals surface area contributed by atoms with Gasteiger partial charge in [0.15, 0.2) is 5.65 Å².